The molecule has 2 aromatic rings. The van der Waals surface area contributed by atoms with Crippen molar-refractivity contribution in [3.63, 3.8) is 0 Å². The molecule has 0 radical (unpaired) electrons. The number of likely N-dealkylation sites (tertiary alicyclic amines) is 1. The van der Waals surface area contributed by atoms with Crippen LogP contribution in [0.3, 0.4) is 0 Å². The van der Waals surface area contributed by atoms with E-state index in [1.54, 1.807) is 4.90 Å². The number of nitrogens with zero attached hydrogens (tertiary/aromatic N) is 2. The molecule has 3 rings (SSSR count). The first kappa shape index (κ1) is 21.1. The number of hydrogen-bond donors (Lipinski definition) is 1. The first-order valence-corrected chi connectivity index (χ1v) is 10.9. The summed E-state index contributed by atoms with van der Waals surface area (Å²) in [6.07, 6.45) is 2.81. The predicted molar refractivity (Wildman–Crippen MR) is 110 cm³/mol. The molecule has 1 N–H and O–H groups in total. The number of nitrogens with one attached hydrogen (secondary N) is 1. The van der Waals surface area contributed by atoms with Gasteiger partial charge < -0.3 is 4.90 Å². The molecule has 2 aromatic carbocycles. The average molecular weight is 438 g/mol. The number of halogens is 1. The number of carbonyl (C=O) groups excluding carboxylic acids is 1. The van der Waals surface area contributed by atoms with E-state index in [4.69, 9.17) is 11.6 Å². The van der Waals surface area contributed by atoms with Gasteiger partial charge in [-0.3, -0.25) is 19.6 Å². The van der Waals surface area contributed by atoms with Gasteiger partial charge in [-0.1, -0.05) is 23.7 Å². The molecule has 0 spiro atoms. The van der Waals surface area contributed by atoms with Crippen molar-refractivity contribution in [2.24, 2.45) is 0 Å². The van der Waals surface area contributed by atoms with Crippen molar-refractivity contribution in [3.05, 3.63) is 62.7 Å². The number of nitro benzene ring substituents is 1. The molecular weight excluding hydrogens is 418 g/mol. The molecule has 1 amide bonds. The molecule has 29 heavy (non-hydrogen) atoms. The molecule has 0 bridgehead atoms. The van der Waals surface area contributed by atoms with Crippen molar-refractivity contribution in [3.8, 4) is 0 Å². The molecule has 0 atom stereocenters. The molecule has 0 saturated carbocycles. The monoisotopic (exact) mass is 437 g/mol. The fraction of sp³-hybridized carbons (Fsp3) is 0.316. The highest BCUT2D eigenvalue weighted by Crippen LogP contribution is 2.31. The number of hydrogen-bond acceptors (Lipinski definition) is 5. The zero-order valence-corrected chi connectivity index (χ0v) is 17.3. The van der Waals surface area contributed by atoms with E-state index >= 15 is 0 Å². The van der Waals surface area contributed by atoms with Crippen LogP contribution in [0.15, 0.2) is 41.3 Å². The van der Waals surface area contributed by atoms with Crippen molar-refractivity contribution in [2.75, 3.05) is 17.8 Å². The van der Waals surface area contributed by atoms with E-state index < -0.39 is 25.5 Å². The topological polar surface area (TPSA) is 110 Å². The second-order valence-electron chi connectivity index (χ2n) is 6.83. The van der Waals surface area contributed by atoms with E-state index in [0.29, 0.717) is 13.1 Å². The van der Waals surface area contributed by atoms with Crippen molar-refractivity contribution >= 4 is 38.9 Å². The minimum Gasteiger partial charge on any atom is -0.339 e. The molecule has 10 heteroatoms. The lowest BCUT2D eigenvalue weighted by Gasteiger charge is -2.27. The van der Waals surface area contributed by atoms with E-state index in [9.17, 15) is 23.3 Å². The fourth-order valence-electron chi connectivity index (χ4n) is 3.38. The van der Waals surface area contributed by atoms with Crippen LogP contribution in [0, 0.1) is 17.0 Å². The van der Waals surface area contributed by atoms with Gasteiger partial charge in [-0.25, -0.2) is 8.42 Å². The van der Waals surface area contributed by atoms with Crippen molar-refractivity contribution in [1.29, 1.82) is 0 Å². The smallest absolute Gasteiger partial charge is 0.290 e. The molecule has 1 aliphatic heterocycles. The molecule has 0 aromatic heterocycles. The largest absolute Gasteiger partial charge is 0.339 e. The number of nitro groups is 1. The Morgan fingerprint density at radius 2 is 1.86 bits per heavy atom. The Kier molecular flexibility index (Phi) is 6.09. The minimum atomic E-state index is -4.34. The van der Waals surface area contributed by atoms with Crippen LogP contribution in [0.1, 0.15) is 35.2 Å². The summed E-state index contributed by atoms with van der Waals surface area (Å²) in [7, 11) is -4.34. The van der Waals surface area contributed by atoms with E-state index in [0.717, 1.165) is 25.3 Å². The first-order chi connectivity index (χ1) is 13.7. The SMILES string of the molecule is Cc1cccc([N+](=O)[O-])c1S(=O)(=O)Nc1cc(Cl)ccc1C(=O)N1CCCCC1. The minimum absolute atomic E-state index is 0.00868. The Hall–Kier alpha value is -2.65. The quantitative estimate of drug-likeness (QED) is 0.561. The molecular formula is C19H20ClN3O5S. The number of aryl methyl sites for hydroxylation is 1. The number of benzene rings is 2. The molecule has 1 heterocycles. The first-order valence-electron chi connectivity index (χ1n) is 9.06. The Balaban J connectivity index is 2.03. The maximum atomic E-state index is 13.0. The van der Waals surface area contributed by atoms with Crippen LogP contribution < -0.4 is 4.72 Å². The van der Waals surface area contributed by atoms with Gasteiger partial charge in [0.1, 0.15) is 0 Å². The van der Waals surface area contributed by atoms with Crippen LogP contribution in [0.25, 0.3) is 0 Å². The highest BCUT2D eigenvalue weighted by Gasteiger charge is 2.30. The molecule has 1 saturated heterocycles. The summed E-state index contributed by atoms with van der Waals surface area (Å²) in [6, 6.07) is 8.31. The maximum Gasteiger partial charge on any atom is 0.290 e. The summed E-state index contributed by atoms with van der Waals surface area (Å²) in [5, 5.41) is 11.6. The zero-order chi connectivity index (χ0) is 21.2. The summed E-state index contributed by atoms with van der Waals surface area (Å²) in [5.74, 6) is -0.307. The standard InChI is InChI=1S/C19H20ClN3O5S/c1-13-6-5-7-17(23(25)26)18(13)29(27,28)21-16-12-14(20)8-9-15(16)19(24)22-10-3-2-4-11-22/h5-9,12,21H,2-4,10-11H2,1H3. The van der Waals surface area contributed by atoms with Gasteiger partial charge in [0, 0.05) is 24.2 Å². The maximum absolute atomic E-state index is 13.0. The highest BCUT2D eigenvalue weighted by atomic mass is 35.5. The van der Waals surface area contributed by atoms with Gasteiger partial charge in [-0.2, -0.15) is 0 Å². The second kappa shape index (κ2) is 8.38. The Morgan fingerprint density at radius 3 is 2.52 bits per heavy atom. The number of amides is 1. The van der Waals surface area contributed by atoms with Crippen molar-refractivity contribution < 1.29 is 18.1 Å². The van der Waals surface area contributed by atoms with Crippen LogP contribution in [0.4, 0.5) is 11.4 Å². The number of anilines is 1. The van der Waals surface area contributed by atoms with E-state index in [1.165, 1.54) is 37.3 Å². The van der Waals surface area contributed by atoms with Gasteiger partial charge in [0.05, 0.1) is 16.2 Å². The number of carbonyl (C=O) groups is 1. The Bertz CT molecular complexity index is 1070. The third-order valence-electron chi connectivity index (χ3n) is 4.76. The summed E-state index contributed by atoms with van der Waals surface area (Å²) in [4.78, 5) is 24.7. The van der Waals surface area contributed by atoms with Crippen LogP contribution in [0.5, 0.6) is 0 Å². The van der Waals surface area contributed by atoms with Crippen molar-refractivity contribution in [2.45, 2.75) is 31.1 Å². The normalized spacial score (nSPS) is 14.5. The molecule has 1 fully saturated rings. The summed E-state index contributed by atoms with van der Waals surface area (Å²) in [5.41, 5.74) is -0.178. The third-order valence-corrected chi connectivity index (χ3v) is 6.55. The number of sulfonamides is 1. The summed E-state index contributed by atoms with van der Waals surface area (Å²) < 4.78 is 28.4. The van der Waals surface area contributed by atoms with Gasteiger partial charge in [0.2, 0.25) is 0 Å². The fourth-order valence-corrected chi connectivity index (χ4v) is 5.02. The van der Waals surface area contributed by atoms with Gasteiger partial charge in [-0.05, 0) is 49.9 Å². The van der Waals surface area contributed by atoms with E-state index in [1.807, 2.05) is 0 Å². The lowest BCUT2D eigenvalue weighted by atomic mass is 10.1. The summed E-state index contributed by atoms with van der Waals surface area (Å²) in [6.45, 7) is 2.66. The van der Waals surface area contributed by atoms with Crippen LogP contribution in [-0.2, 0) is 10.0 Å². The zero-order valence-electron chi connectivity index (χ0n) is 15.7. The Morgan fingerprint density at radius 1 is 1.17 bits per heavy atom. The van der Waals surface area contributed by atoms with Crippen LogP contribution in [0.2, 0.25) is 5.02 Å². The van der Waals surface area contributed by atoms with E-state index in [2.05, 4.69) is 4.72 Å². The molecule has 154 valence electrons. The van der Waals surface area contributed by atoms with Crippen LogP contribution in [-0.4, -0.2) is 37.2 Å². The van der Waals surface area contributed by atoms with E-state index in [-0.39, 0.29) is 27.7 Å². The molecule has 0 unspecified atom stereocenters. The number of piperidine rings is 1. The lowest BCUT2D eigenvalue weighted by Crippen LogP contribution is -2.36. The molecule has 1 aliphatic rings. The molecule has 0 aliphatic carbocycles. The second-order valence-corrected chi connectivity index (χ2v) is 8.88. The average Bonchev–Trinajstić information content (AvgIpc) is 2.67. The van der Waals surface area contributed by atoms with Gasteiger partial charge in [0.15, 0.2) is 4.90 Å². The third kappa shape index (κ3) is 4.51. The molecule has 8 nitrogen and oxygen atoms in total. The van der Waals surface area contributed by atoms with Gasteiger partial charge in [0.25, 0.3) is 21.6 Å². The van der Waals surface area contributed by atoms with Gasteiger partial charge >= 0.3 is 0 Å². The predicted octanol–water partition coefficient (Wildman–Crippen LogP) is 3.98. The summed E-state index contributed by atoms with van der Waals surface area (Å²) >= 11 is 6.03. The van der Waals surface area contributed by atoms with Crippen molar-refractivity contribution in [1.82, 2.24) is 4.90 Å². The highest BCUT2D eigenvalue weighted by molar-refractivity contribution is 7.93. The lowest BCUT2D eigenvalue weighted by molar-refractivity contribution is -0.387. The number of rotatable bonds is 5. The van der Waals surface area contributed by atoms with Crippen LogP contribution >= 0.6 is 11.6 Å². The van der Waals surface area contributed by atoms with Gasteiger partial charge in [-0.15, -0.1) is 0 Å². The Labute approximate surface area is 173 Å².